The lowest BCUT2D eigenvalue weighted by molar-refractivity contribution is -0.118. The fourth-order valence-electron chi connectivity index (χ4n) is 4.16. The molecule has 3 saturated carbocycles. The van der Waals surface area contributed by atoms with Crippen LogP contribution in [-0.2, 0) is 15.0 Å². The summed E-state index contributed by atoms with van der Waals surface area (Å²) in [5.41, 5.74) is 0.706. The van der Waals surface area contributed by atoms with Gasteiger partial charge in [0.1, 0.15) is 6.54 Å². The second-order valence-corrected chi connectivity index (χ2v) is 8.56. The number of aliphatic imine (C=N–C) groups is 1. The third kappa shape index (κ3) is 3.14. The number of amidine groups is 1. The summed E-state index contributed by atoms with van der Waals surface area (Å²) in [4.78, 5) is 39.3. The van der Waals surface area contributed by atoms with Gasteiger partial charge >= 0.3 is 0 Å². The number of nitrogens with one attached hydrogen (secondary N) is 3. The minimum atomic E-state index is -0.591. The molecule has 3 fully saturated rings. The van der Waals surface area contributed by atoms with Crippen LogP contribution in [0, 0.1) is 5.92 Å². The maximum atomic E-state index is 12.2. The Balaban J connectivity index is 1.36. The lowest BCUT2D eigenvalue weighted by atomic mass is 9.42. The van der Waals surface area contributed by atoms with Gasteiger partial charge in [0.2, 0.25) is 11.8 Å². The van der Waals surface area contributed by atoms with E-state index in [4.69, 9.17) is 27.9 Å². The number of H-pyrrole nitrogens is 1. The Morgan fingerprint density at radius 2 is 1.87 bits per heavy atom. The lowest BCUT2D eigenvalue weighted by Crippen LogP contribution is -2.57. The molecule has 30 heavy (non-hydrogen) atoms. The Bertz CT molecular complexity index is 1150. The van der Waals surface area contributed by atoms with E-state index in [1.54, 1.807) is 6.07 Å². The van der Waals surface area contributed by atoms with Crippen molar-refractivity contribution in [2.45, 2.75) is 24.7 Å². The number of hydrogen-bond donors (Lipinski definition) is 3. The first-order valence-electron chi connectivity index (χ1n) is 9.26. The summed E-state index contributed by atoms with van der Waals surface area (Å²) in [6.07, 6.45) is 3.05. The molecule has 9 nitrogen and oxygen atoms in total. The van der Waals surface area contributed by atoms with E-state index in [1.165, 1.54) is 12.1 Å². The van der Waals surface area contributed by atoms with Gasteiger partial charge in [0.25, 0.3) is 11.5 Å². The number of rotatable bonds is 5. The Kier molecular flexibility index (Phi) is 4.33. The van der Waals surface area contributed by atoms with Crippen molar-refractivity contribution in [1.29, 1.82) is 0 Å². The topological polar surface area (TPSA) is 126 Å². The van der Waals surface area contributed by atoms with E-state index in [2.05, 4.69) is 25.8 Å². The SMILES string of the molecule is O=C1CN=C(C(=O)Nc2cc(Cl)c(Oc3cc(C45CC(C4)C5)c(=O)[nH]n3)c(Cl)c2)N1. The van der Waals surface area contributed by atoms with Crippen molar-refractivity contribution in [3.05, 3.63) is 44.2 Å². The lowest BCUT2D eigenvalue weighted by Gasteiger charge is -2.61. The number of aromatic amines is 1. The molecule has 0 saturated heterocycles. The van der Waals surface area contributed by atoms with Crippen LogP contribution in [0.5, 0.6) is 11.6 Å². The average Bonchev–Trinajstić information content (AvgIpc) is 3.05. The highest BCUT2D eigenvalue weighted by molar-refractivity contribution is 6.46. The zero-order valence-electron chi connectivity index (χ0n) is 15.4. The van der Waals surface area contributed by atoms with E-state index in [9.17, 15) is 14.4 Å². The van der Waals surface area contributed by atoms with Crippen molar-refractivity contribution in [3.8, 4) is 11.6 Å². The molecule has 1 aromatic carbocycles. The number of carbonyl (C=O) groups excluding carboxylic acids is 2. The number of benzene rings is 1. The van der Waals surface area contributed by atoms with Crippen molar-refractivity contribution in [2.75, 3.05) is 11.9 Å². The van der Waals surface area contributed by atoms with E-state index in [1.807, 2.05) is 0 Å². The van der Waals surface area contributed by atoms with E-state index < -0.39 is 5.91 Å². The Morgan fingerprint density at radius 1 is 1.17 bits per heavy atom. The molecular formula is C19H15Cl2N5O4. The number of hydrogen-bond acceptors (Lipinski definition) is 6. The van der Waals surface area contributed by atoms with Gasteiger partial charge in [-0.05, 0) is 37.3 Å². The first kappa shape index (κ1) is 19.1. The molecule has 11 heteroatoms. The first-order chi connectivity index (χ1) is 14.3. The highest BCUT2D eigenvalue weighted by Gasteiger charge is 2.58. The number of anilines is 1. The van der Waals surface area contributed by atoms with E-state index >= 15 is 0 Å². The number of ether oxygens (including phenoxy) is 1. The van der Waals surface area contributed by atoms with Crippen LogP contribution in [0.2, 0.25) is 10.0 Å². The number of aromatic nitrogens is 2. The molecule has 2 bridgehead atoms. The normalized spacial score (nSPS) is 23.7. The van der Waals surface area contributed by atoms with E-state index in [0.29, 0.717) is 11.3 Å². The maximum absolute atomic E-state index is 12.2. The van der Waals surface area contributed by atoms with Crippen molar-refractivity contribution in [3.63, 3.8) is 0 Å². The van der Waals surface area contributed by atoms with Gasteiger partial charge in [-0.25, -0.2) is 5.10 Å². The summed E-state index contributed by atoms with van der Waals surface area (Å²) < 4.78 is 5.75. The van der Waals surface area contributed by atoms with Gasteiger partial charge < -0.3 is 15.4 Å². The van der Waals surface area contributed by atoms with Gasteiger partial charge in [-0.15, -0.1) is 5.10 Å². The summed E-state index contributed by atoms with van der Waals surface area (Å²) in [5.74, 6) is 0.0193. The highest BCUT2D eigenvalue weighted by atomic mass is 35.5. The molecule has 3 aliphatic carbocycles. The minimum absolute atomic E-state index is 0.0561. The van der Waals surface area contributed by atoms with Gasteiger partial charge in [-0.1, -0.05) is 23.2 Å². The van der Waals surface area contributed by atoms with Crippen LogP contribution in [0.15, 0.2) is 28.0 Å². The van der Waals surface area contributed by atoms with Crippen LogP contribution in [0.3, 0.4) is 0 Å². The smallest absolute Gasteiger partial charge is 0.291 e. The van der Waals surface area contributed by atoms with Gasteiger partial charge in [0.15, 0.2) is 11.6 Å². The molecule has 3 N–H and O–H groups in total. The second-order valence-electron chi connectivity index (χ2n) is 7.75. The third-order valence-electron chi connectivity index (χ3n) is 5.71. The van der Waals surface area contributed by atoms with Crippen LogP contribution in [0.1, 0.15) is 24.8 Å². The average molecular weight is 448 g/mol. The molecule has 0 atom stereocenters. The fraction of sp³-hybridized carbons (Fsp3) is 0.316. The molecule has 1 aliphatic heterocycles. The third-order valence-corrected chi connectivity index (χ3v) is 6.27. The van der Waals surface area contributed by atoms with E-state index in [-0.39, 0.29) is 50.9 Å². The standard InChI is InChI=1S/C19H15Cl2N5O4/c20-11-1-9(23-18(29)16-22-7-13(27)24-16)2-12(21)15(11)30-14-3-10(17(28)26-25-14)19-4-8(5-19)6-19/h1-3,8H,4-7H2,(H,23,29)(H,26,28)(H,22,24,27). The van der Waals surface area contributed by atoms with Crippen LogP contribution in [0.25, 0.3) is 0 Å². The molecule has 1 aromatic heterocycles. The van der Waals surface area contributed by atoms with Gasteiger partial charge in [0.05, 0.1) is 10.0 Å². The van der Waals surface area contributed by atoms with Crippen molar-refractivity contribution < 1.29 is 14.3 Å². The monoisotopic (exact) mass is 447 g/mol. The zero-order valence-corrected chi connectivity index (χ0v) is 16.9. The van der Waals surface area contributed by atoms with E-state index in [0.717, 1.165) is 25.2 Å². The predicted molar refractivity (Wildman–Crippen MR) is 109 cm³/mol. The highest BCUT2D eigenvalue weighted by Crippen LogP contribution is 2.64. The number of nitrogens with zero attached hydrogens (tertiary/aromatic N) is 2. The number of amides is 2. The first-order valence-corrected chi connectivity index (χ1v) is 10.0. The molecule has 2 amide bonds. The molecule has 0 unspecified atom stereocenters. The molecule has 0 radical (unpaired) electrons. The van der Waals surface area contributed by atoms with Gasteiger partial charge in [-0.2, -0.15) is 0 Å². The number of halogens is 2. The molecule has 2 aromatic rings. The minimum Gasteiger partial charge on any atom is -0.434 e. The van der Waals surface area contributed by atoms with Gasteiger partial charge in [-0.3, -0.25) is 19.4 Å². The summed E-state index contributed by atoms with van der Waals surface area (Å²) in [5, 5.41) is 11.6. The van der Waals surface area contributed by atoms with Crippen molar-refractivity contribution in [2.24, 2.45) is 10.9 Å². The van der Waals surface area contributed by atoms with Crippen molar-refractivity contribution in [1.82, 2.24) is 15.5 Å². The van der Waals surface area contributed by atoms with Crippen molar-refractivity contribution >= 4 is 46.5 Å². The van der Waals surface area contributed by atoms with Crippen LogP contribution >= 0.6 is 23.2 Å². The molecule has 2 heterocycles. The molecule has 154 valence electrons. The summed E-state index contributed by atoms with van der Waals surface area (Å²) >= 11 is 12.6. The maximum Gasteiger partial charge on any atom is 0.291 e. The fourth-order valence-corrected chi connectivity index (χ4v) is 4.72. The Labute approximate surface area is 179 Å². The Morgan fingerprint density at radius 3 is 2.43 bits per heavy atom. The molecular weight excluding hydrogens is 433 g/mol. The largest absolute Gasteiger partial charge is 0.434 e. The molecule has 4 aliphatic rings. The summed E-state index contributed by atoms with van der Waals surface area (Å²) in [6.45, 7) is -0.0901. The second kappa shape index (κ2) is 6.82. The van der Waals surface area contributed by atoms with Crippen LogP contribution in [0.4, 0.5) is 5.69 Å². The molecule has 6 rings (SSSR count). The predicted octanol–water partition coefficient (Wildman–Crippen LogP) is 2.39. The van der Waals surface area contributed by atoms with Gasteiger partial charge in [0, 0.05) is 22.7 Å². The van der Waals surface area contributed by atoms with Crippen LogP contribution in [-0.4, -0.2) is 34.4 Å². The zero-order chi connectivity index (χ0) is 21.0. The number of carbonyl (C=O) groups is 2. The molecule has 0 spiro atoms. The quantitative estimate of drug-likeness (QED) is 0.648. The van der Waals surface area contributed by atoms with Crippen LogP contribution < -0.4 is 20.9 Å². The summed E-state index contributed by atoms with van der Waals surface area (Å²) in [7, 11) is 0. The Hall–Kier alpha value is -2.91. The summed E-state index contributed by atoms with van der Waals surface area (Å²) in [6, 6.07) is 4.54.